The zero-order valence-electron chi connectivity index (χ0n) is 15.9. The van der Waals surface area contributed by atoms with Gasteiger partial charge in [0.15, 0.2) is 10.9 Å². The Morgan fingerprint density at radius 2 is 1.79 bits per heavy atom. The van der Waals surface area contributed by atoms with Gasteiger partial charge in [-0.2, -0.15) is 0 Å². The summed E-state index contributed by atoms with van der Waals surface area (Å²) in [5.74, 6) is 0.0576. The number of Topliss-reactive ketones (excluding diaryl/α,β-unsaturated/α-hetero) is 1. The third-order valence-electron chi connectivity index (χ3n) is 4.38. The van der Waals surface area contributed by atoms with Gasteiger partial charge in [0, 0.05) is 16.6 Å². The number of anilines is 1. The van der Waals surface area contributed by atoms with E-state index in [0.29, 0.717) is 16.4 Å². The number of carbonyl (C=O) groups excluding carboxylic acids is 2. The first kappa shape index (κ1) is 19.4. The summed E-state index contributed by atoms with van der Waals surface area (Å²) in [5.41, 5.74) is 4.56. The van der Waals surface area contributed by atoms with Crippen molar-refractivity contribution >= 4 is 45.4 Å². The summed E-state index contributed by atoms with van der Waals surface area (Å²) in [5, 5.41) is 14.0. The highest BCUT2D eigenvalue weighted by Gasteiger charge is 2.15. The van der Waals surface area contributed by atoms with Crippen LogP contribution in [0, 0.1) is 6.92 Å². The Kier molecular flexibility index (Phi) is 5.46. The number of aromatic nitrogens is 3. The van der Waals surface area contributed by atoms with Crippen molar-refractivity contribution in [3.05, 3.63) is 65.0 Å². The maximum absolute atomic E-state index is 12.3. The molecule has 4 rings (SSSR count). The van der Waals surface area contributed by atoms with Gasteiger partial charge in [-0.15, -0.1) is 21.5 Å². The summed E-state index contributed by atoms with van der Waals surface area (Å²) in [6.07, 6.45) is 0. The molecule has 1 N–H and O–H groups in total. The minimum atomic E-state index is -0.144. The molecular formula is C21H18N4O2S2. The summed E-state index contributed by atoms with van der Waals surface area (Å²) >= 11 is 2.86. The maximum atomic E-state index is 12.3. The molecule has 0 unspecified atom stereocenters. The lowest BCUT2D eigenvalue weighted by Gasteiger charge is -2.06. The molecule has 0 bridgehead atoms. The monoisotopic (exact) mass is 422 g/mol. The van der Waals surface area contributed by atoms with E-state index in [4.69, 9.17) is 0 Å². The number of hydrogen-bond acceptors (Lipinski definition) is 6. The molecule has 0 aliphatic heterocycles. The van der Waals surface area contributed by atoms with Gasteiger partial charge in [0.2, 0.25) is 10.9 Å². The van der Waals surface area contributed by atoms with Crippen LogP contribution in [0.2, 0.25) is 0 Å². The molecule has 4 aromatic rings. The van der Waals surface area contributed by atoms with Gasteiger partial charge >= 0.3 is 0 Å². The number of nitrogens with zero attached hydrogens (tertiary/aromatic N) is 3. The Labute approximate surface area is 176 Å². The SMILES string of the molecule is CC(=O)c1ccc(NC(=O)CSc2nnc3scc(-c4ccc(C)cc4)n23)cc1. The molecule has 0 aliphatic carbocycles. The number of rotatable bonds is 6. The predicted molar refractivity (Wildman–Crippen MR) is 117 cm³/mol. The Bertz CT molecular complexity index is 1180. The number of hydrogen-bond donors (Lipinski definition) is 1. The van der Waals surface area contributed by atoms with Gasteiger partial charge in [-0.1, -0.05) is 41.6 Å². The summed E-state index contributed by atoms with van der Waals surface area (Å²) in [6, 6.07) is 15.1. The Morgan fingerprint density at radius 3 is 2.48 bits per heavy atom. The lowest BCUT2D eigenvalue weighted by molar-refractivity contribution is -0.113. The van der Waals surface area contributed by atoms with Gasteiger partial charge < -0.3 is 5.32 Å². The van der Waals surface area contributed by atoms with Crippen molar-refractivity contribution in [3.8, 4) is 11.3 Å². The number of thioether (sulfide) groups is 1. The average molecular weight is 423 g/mol. The molecule has 0 radical (unpaired) electrons. The largest absolute Gasteiger partial charge is 0.325 e. The molecule has 0 saturated heterocycles. The van der Waals surface area contributed by atoms with Crippen molar-refractivity contribution in [2.75, 3.05) is 11.1 Å². The minimum Gasteiger partial charge on any atom is -0.325 e. The zero-order valence-corrected chi connectivity index (χ0v) is 17.5. The highest BCUT2D eigenvalue weighted by atomic mass is 32.2. The molecule has 0 fully saturated rings. The standard InChI is InChI=1S/C21H18N4O2S2/c1-13-3-5-16(6-4-13)18-11-28-20-23-24-21(25(18)20)29-12-19(27)22-17-9-7-15(8-10-17)14(2)26/h3-11H,12H2,1-2H3,(H,22,27). The Morgan fingerprint density at radius 1 is 1.07 bits per heavy atom. The fourth-order valence-corrected chi connectivity index (χ4v) is 4.47. The molecule has 2 heterocycles. The van der Waals surface area contributed by atoms with Crippen molar-refractivity contribution in [2.24, 2.45) is 0 Å². The third kappa shape index (κ3) is 4.23. The first-order valence-corrected chi connectivity index (χ1v) is 10.8. The normalized spacial score (nSPS) is 11.0. The molecule has 0 aliphatic rings. The van der Waals surface area contributed by atoms with E-state index in [2.05, 4.69) is 52.1 Å². The molecule has 29 heavy (non-hydrogen) atoms. The number of aryl methyl sites for hydroxylation is 1. The van der Waals surface area contributed by atoms with Crippen LogP contribution in [0.5, 0.6) is 0 Å². The summed E-state index contributed by atoms with van der Waals surface area (Å²) in [7, 11) is 0. The highest BCUT2D eigenvalue weighted by Crippen LogP contribution is 2.30. The highest BCUT2D eigenvalue weighted by molar-refractivity contribution is 7.99. The first-order chi connectivity index (χ1) is 14.0. The molecule has 0 saturated carbocycles. The number of fused-ring (bicyclic) bond motifs is 1. The predicted octanol–water partition coefficient (Wildman–Crippen LogP) is 4.70. The fraction of sp³-hybridized carbons (Fsp3) is 0.143. The van der Waals surface area contributed by atoms with Crippen LogP contribution in [0.1, 0.15) is 22.8 Å². The first-order valence-electron chi connectivity index (χ1n) is 8.94. The van der Waals surface area contributed by atoms with Crippen LogP contribution >= 0.6 is 23.1 Å². The number of carbonyl (C=O) groups is 2. The van der Waals surface area contributed by atoms with Crippen LogP contribution in [0.25, 0.3) is 16.2 Å². The van der Waals surface area contributed by atoms with E-state index in [-0.39, 0.29) is 17.4 Å². The van der Waals surface area contributed by atoms with Crippen LogP contribution in [0.3, 0.4) is 0 Å². The number of amides is 1. The Balaban J connectivity index is 1.47. The molecule has 2 aromatic heterocycles. The number of thiazole rings is 1. The van der Waals surface area contributed by atoms with Crippen LogP contribution in [-0.2, 0) is 4.79 Å². The van der Waals surface area contributed by atoms with Gasteiger partial charge in [0.05, 0.1) is 11.4 Å². The van der Waals surface area contributed by atoms with Gasteiger partial charge in [-0.05, 0) is 43.7 Å². The maximum Gasteiger partial charge on any atom is 0.234 e. The van der Waals surface area contributed by atoms with E-state index in [0.717, 1.165) is 16.2 Å². The molecule has 8 heteroatoms. The van der Waals surface area contributed by atoms with Crippen LogP contribution < -0.4 is 5.32 Å². The van der Waals surface area contributed by atoms with Gasteiger partial charge in [-0.25, -0.2) is 0 Å². The van der Waals surface area contributed by atoms with Gasteiger partial charge in [0.25, 0.3) is 0 Å². The van der Waals surface area contributed by atoms with Crippen molar-refractivity contribution < 1.29 is 9.59 Å². The molecule has 6 nitrogen and oxygen atoms in total. The number of benzene rings is 2. The smallest absolute Gasteiger partial charge is 0.234 e. The molecule has 0 spiro atoms. The zero-order chi connectivity index (χ0) is 20.4. The van der Waals surface area contributed by atoms with Crippen molar-refractivity contribution in [2.45, 2.75) is 19.0 Å². The lowest BCUT2D eigenvalue weighted by atomic mass is 10.1. The van der Waals surface area contributed by atoms with E-state index >= 15 is 0 Å². The van der Waals surface area contributed by atoms with E-state index in [1.807, 2.05) is 4.40 Å². The third-order valence-corrected chi connectivity index (χ3v) is 6.12. The van der Waals surface area contributed by atoms with Crippen LogP contribution in [-0.4, -0.2) is 32.0 Å². The van der Waals surface area contributed by atoms with E-state index in [9.17, 15) is 9.59 Å². The Hall–Kier alpha value is -2.97. The summed E-state index contributed by atoms with van der Waals surface area (Å²) < 4.78 is 1.98. The van der Waals surface area contributed by atoms with Gasteiger partial charge in [-0.3, -0.25) is 14.0 Å². The van der Waals surface area contributed by atoms with E-state index in [1.165, 1.54) is 35.6 Å². The second-order valence-corrected chi connectivity index (χ2v) is 8.34. The van der Waals surface area contributed by atoms with E-state index < -0.39 is 0 Å². The molecular weight excluding hydrogens is 404 g/mol. The van der Waals surface area contributed by atoms with E-state index in [1.54, 1.807) is 24.3 Å². The molecule has 2 aromatic carbocycles. The fourth-order valence-electron chi connectivity index (χ4n) is 2.83. The molecule has 1 amide bonds. The second kappa shape index (κ2) is 8.18. The molecule has 146 valence electrons. The quantitative estimate of drug-likeness (QED) is 0.360. The topological polar surface area (TPSA) is 76.4 Å². The number of nitrogens with one attached hydrogen (secondary N) is 1. The second-order valence-electron chi connectivity index (χ2n) is 6.56. The minimum absolute atomic E-state index is 0.00519. The van der Waals surface area contributed by atoms with Crippen molar-refractivity contribution in [3.63, 3.8) is 0 Å². The average Bonchev–Trinajstić information content (AvgIpc) is 3.30. The number of ketones is 1. The summed E-state index contributed by atoms with van der Waals surface area (Å²) in [4.78, 5) is 24.5. The van der Waals surface area contributed by atoms with Gasteiger partial charge in [0.1, 0.15) is 0 Å². The summed E-state index contributed by atoms with van der Waals surface area (Å²) in [6.45, 7) is 3.57. The van der Waals surface area contributed by atoms with Crippen LogP contribution in [0.15, 0.2) is 59.1 Å². The lowest BCUT2D eigenvalue weighted by Crippen LogP contribution is -2.14. The van der Waals surface area contributed by atoms with Crippen LogP contribution in [0.4, 0.5) is 5.69 Å². The van der Waals surface area contributed by atoms with Crippen molar-refractivity contribution in [1.82, 2.24) is 14.6 Å². The van der Waals surface area contributed by atoms with Crippen molar-refractivity contribution in [1.29, 1.82) is 0 Å². The molecule has 0 atom stereocenters.